The second-order valence-corrected chi connectivity index (χ2v) is 1.44. The molecule has 0 aromatic heterocycles. The van der Waals surface area contributed by atoms with E-state index in [-0.39, 0.29) is 6.17 Å². The third kappa shape index (κ3) is 0.521. The van der Waals surface area contributed by atoms with E-state index in [9.17, 15) is 0 Å². The van der Waals surface area contributed by atoms with Crippen molar-refractivity contribution in [1.82, 2.24) is 5.32 Å². The Bertz CT molecular complexity index is 108. The molecule has 0 aromatic carbocycles. The van der Waals surface area contributed by atoms with Crippen LogP contribution in [0, 0.1) is 10.9 Å². The SMILES string of the molecule is N=NC1NCC1=N. The summed E-state index contributed by atoms with van der Waals surface area (Å²) in [7, 11) is 0. The molecular formula is C3H6N4. The molecule has 0 aromatic rings. The van der Waals surface area contributed by atoms with Gasteiger partial charge in [-0.15, -0.1) is 0 Å². The molecule has 1 atom stereocenters. The van der Waals surface area contributed by atoms with E-state index in [0.29, 0.717) is 12.3 Å². The molecule has 0 amide bonds. The topological polar surface area (TPSA) is 72.1 Å². The smallest absolute Gasteiger partial charge is 0.160 e. The van der Waals surface area contributed by atoms with Gasteiger partial charge in [0.25, 0.3) is 0 Å². The molecule has 1 aliphatic heterocycles. The molecule has 0 spiro atoms. The van der Waals surface area contributed by atoms with Gasteiger partial charge in [-0.3, -0.25) is 5.32 Å². The second-order valence-electron chi connectivity index (χ2n) is 1.44. The Balaban J connectivity index is 2.43. The van der Waals surface area contributed by atoms with Crippen LogP contribution in [-0.2, 0) is 0 Å². The van der Waals surface area contributed by atoms with E-state index in [1.807, 2.05) is 0 Å². The van der Waals surface area contributed by atoms with Crippen LogP contribution >= 0.6 is 0 Å². The van der Waals surface area contributed by atoms with Gasteiger partial charge in [0.15, 0.2) is 6.17 Å². The molecule has 4 nitrogen and oxygen atoms in total. The lowest BCUT2D eigenvalue weighted by atomic mass is 10.2. The highest BCUT2D eigenvalue weighted by molar-refractivity contribution is 5.93. The van der Waals surface area contributed by atoms with Crippen molar-refractivity contribution >= 4 is 5.71 Å². The van der Waals surface area contributed by atoms with E-state index in [1.165, 1.54) is 0 Å². The van der Waals surface area contributed by atoms with Crippen LogP contribution in [0.1, 0.15) is 0 Å². The van der Waals surface area contributed by atoms with Crippen molar-refractivity contribution in [3.05, 3.63) is 0 Å². The largest absolute Gasteiger partial charge is 0.305 e. The summed E-state index contributed by atoms with van der Waals surface area (Å²) in [6.45, 7) is 0.604. The predicted molar refractivity (Wildman–Crippen MR) is 24.7 cm³/mol. The van der Waals surface area contributed by atoms with E-state index >= 15 is 0 Å². The summed E-state index contributed by atoms with van der Waals surface area (Å²) in [5.74, 6) is 0. The molecule has 1 heterocycles. The normalized spacial score (nSPS) is 29.1. The van der Waals surface area contributed by atoms with Gasteiger partial charge in [0.05, 0.1) is 5.71 Å². The first-order chi connectivity index (χ1) is 3.34. The summed E-state index contributed by atoms with van der Waals surface area (Å²) in [6.07, 6.45) is -0.292. The van der Waals surface area contributed by atoms with Crippen LogP contribution in [0.3, 0.4) is 0 Å². The number of hydrogen-bond acceptors (Lipinski definition) is 4. The highest BCUT2D eigenvalue weighted by Gasteiger charge is 2.21. The van der Waals surface area contributed by atoms with Gasteiger partial charge in [-0.2, -0.15) is 5.11 Å². The summed E-state index contributed by atoms with van der Waals surface area (Å²) >= 11 is 0. The van der Waals surface area contributed by atoms with Crippen LogP contribution in [0.25, 0.3) is 0 Å². The van der Waals surface area contributed by atoms with Crippen LogP contribution in [0.5, 0.6) is 0 Å². The van der Waals surface area contributed by atoms with Gasteiger partial charge in [-0.05, 0) is 0 Å². The Morgan fingerprint density at radius 3 is 2.57 bits per heavy atom. The first kappa shape index (κ1) is 4.39. The maximum absolute atomic E-state index is 6.91. The Labute approximate surface area is 40.9 Å². The van der Waals surface area contributed by atoms with E-state index in [0.717, 1.165) is 0 Å². The lowest BCUT2D eigenvalue weighted by molar-refractivity contribution is 0.574. The van der Waals surface area contributed by atoms with Gasteiger partial charge in [0.1, 0.15) is 0 Å². The Hall–Kier alpha value is -0.770. The summed E-state index contributed by atoms with van der Waals surface area (Å²) in [5, 5.41) is 12.8. The van der Waals surface area contributed by atoms with Crippen molar-refractivity contribution in [2.75, 3.05) is 6.54 Å². The molecule has 4 heteroatoms. The van der Waals surface area contributed by atoms with Gasteiger partial charge < -0.3 is 5.41 Å². The van der Waals surface area contributed by atoms with Crippen LogP contribution in [-0.4, -0.2) is 18.4 Å². The average Bonchev–Trinajstić information content (AvgIpc) is 1.65. The quantitative estimate of drug-likeness (QED) is 0.396. The molecule has 38 valence electrons. The van der Waals surface area contributed by atoms with Crippen molar-refractivity contribution < 1.29 is 0 Å². The Morgan fingerprint density at radius 1 is 1.86 bits per heavy atom. The van der Waals surface area contributed by atoms with Gasteiger partial charge >= 0.3 is 0 Å². The molecule has 7 heavy (non-hydrogen) atoms. The summed E-state index contributed by atoms with van der Waals surface area (Å²) in [6, 6.07) is 0. The highest BCUT2D eigenvalue weighted by atomic mass is 15.2. The van der Waals surface area contributed by atoms with Crippen LogP contribution in [0.2, 0.25) is 0 Å². The summed E-state index contributed by atoms with van der Waals surface area (Å²) in [5.41, 5.74) is 6.92. The Kier molecular flexibility index (Phi) is 0.867. The zero-order chi connectivity index (χ0) is 5.28. The fraction of sp³-hybridized carbons (Fsp3) is 0.667. The van der Waals surface area contributed by atoms with Crippen molar-refractivity contribution in [2.24, 2.45) is 5.11 Å². The minimum absolute atomic E-state index is 0.292. The fourth-order valence-corrected chi connectivity index (χ4v) is 0.419. The number of rotatable bonds is 1. The lowest BCUT2D eigenvalue weighted by Gasteiger charge is -2.22. The third-order valence-electron chi connectivity index (χ3n) is 0.945. The zero-order valence-corrected chi connectivity index (χ0v) is 3.73. The monoisotopic (exact) mass is 98.1 g/mol. The fourth-order valence-electron chi connectivity index (χ4n) is 0.419. The van der Waals surface area contributed by atoms with E-state index in [4.69, 9.17) is 10.9 Å². The first-order valence-electron chi connectivity index (χ1n) is 2.02. The zero-order valence-electron chi connectivity index (χ0n) is 3.73. The minimum atomic E-state index is -0.292. The molecule has 1 saturated heterocycles. The van der Waals surface area contributed by atoms with Gasteiger partial charge in [-0.1, -0.05) is 0 Å². The molecule has 0 aliphatic carbocycles. The van der Waals surface area contributed by atoms with E-state index in [2.05, 4.69) is 10.4 Å². The molecule has 3 N–H and O–H groups in total. The van der Waals surface area contributed by atoms with Crippen molar-refractivity contribution in [2.45, 2.75) is 6.17 Å². The van der Waals surface area contributed by atoms with Gasteiger partial charge in [0, 0.05) is 6.54 Å². The summed E-state index contributed by atoms with van der Waals surface area (Å²) < 4.78 is 0. The van der Waals surface area contributed by atoms with Crippen LogP contribution < -0.4 is 5.32 Å². The third-order valence-corrected chi connectivity index (χ3v) is 0.945. The average molecular weight is 98.1 g/mol. The molecule has 0 bridgehead atoms. The number of nitrogens with one attached hydrogen (secondary N) is 3. The van der Waals surface area contributed by atoms with Crippen molar-refractivity contribution in [3.8, 4) is 0 Å². The molecular weight excluding hydrogens is 92.1 g/mol. The van der Waals surface area contributed by atoms with E-state index in [1.54, 1.807) is 0 Å². The van der Waals surface area contributed by atoms with Crippen molar-refractivity contribution in [1.29, 1.82) is 10.9 Å². The molecule has 0 radical (unpaired) electrons. The molecule has 1 aliphatic rings. The molecule has 0 saturated carbocycles. The first-order valence-corrected chi connectivity index (χ1v) is 2.02. The maximum Gasteiger partial charge on any atom is 0.160 e. The van der Waals surface area contributed by atoms with E-state index < -0.39 is 0 Å². The predicted octanol–water partition coefficient (Wildman–Crippen LogP) is -0.0336. The lowest BCUT2D eigenvalue weighted by Crippen LogP contribution is -2.51. The number of nitrogens with zero attached hydrogens (tertiary/aromatic N) is 1. The van der Waals surface area contributed by atoms with Crippen LogP contribution in [0.15, 0.2) is 5.11 Å². The minimum Gasteiger partial charge on any atom is -0.305 e. The summed E-state index contributed by atoms with van der Waals surface area (Å²) in [4.78, 5) is 0. The standard InChI is InChI=1S/C3H6N4/c4-2-1-6-3(2)7-5/h3-6H,1H2. The van der Waals surface area contributed by atoms with Crippen LogP contribution in [0.4, 0.5) is 0 Å². The van der Waals surface area contributed by atoms with Gasteiger partial charge in [-0.25, -0.2) is 5.53 Å². The van der Waals surface area contributed by atoms with Crippen molar-refractivity contribution in [3.63, 3.8) is 0 Å². The maximum atomic E-state index is 6.91. The Morgan fingerprint density at radius 2 is 2.57 bits per heavy atom. The highest BCUT2D eigenvalue weighted by Crippen LogP contribution is 1.96. The molecule has 1 unspecified atom stereocenters. The molecule has 1 fully saturated rings. The molecule has 1 rings (SSSR count). The van der Waals surface area contributed by atoms with Gasteiger partial charge in [0.2, 0.25) is 0 Å². The number of hydrogen-bond donors (Lipinski definition) is 3. The second kappa shape index (κ2) is 1.38.